The summed E-state index contributed by atoms with van der Waals surface area (Å²) in [6.07, 6.45) is 14.7. The Labute approximate surface area is 106 Å². The minimum absolute atomic E-state index is 0.134. The van der Waals surface area contributed by atoms with E-state index < -0.39 is 0 Å². The maximum Gasteiger partial charge on any atom is 0.123 e. The van der Waals surface area contributed by atoms with Crippen LogP contribution in [0.5, 0.6) is 0 Å². The predicted octanol–water partition coefficient (Wildman–Crippen LogP) is 3.86. The molecular weight excluding hydrogens is 212 g/mol. The van der Waals surface area contributed by atoms with Crippen LogP contribution in [-0.4, -0.2) is 17.5 Å². The Balaban J connectivity index is 2.27. The number of aldehydes is 1. The fourth-order valence-electron chi connectivity index (χ4n) is 2.71. The first-order valence-electron chi connectivity index (χ1n) is 7.46. The highest BCUT2D eigenvalue weighted by Gasteiger charge is 2.10. The van der Waals surface area contributed by atoms with Gasteiger partial charge in [-0.25, -0.2) is 0 Å². The molecule has 2 heteroatoms. The van der Waals surface area contributed by atoms with Gasteiger partial charge in [0.15, 0.2) is 0 Å². The molecule has 2 atom stereocenters. The molecule has 17 heavy (non-hydrogen) atoms. The van der Waals surface area contributed by atoms with E-state index in [0.29, 0.717) is 0 Å². The summed E-state index contributed by atoms with van der Waals surface area (Å²) in [5, 5.41) is 9.79. The first-order valence-corrected chi connectivity index (χ1v) is 7.46. The van der Waals surface area contributed by atoms with Crippen molar-refractivity contribution in [1.29, 1.82) is 0 Å². The smallest absolute Gasteiger partial charge is 0.123 e. The quantitative estimate of drug-likeness (QED) is 0.707. The summed E-state index contributed by atoms with van der Waals surface area (Å²) in [5.74, 6) is 0.241. The second-order valence-electron chi connectivity index (χ2n) is 5.53. The summed E-state index contributed by atoms with van der Waals surface area (Å²) < 4.78 is 0. The lowest BCUT2D eigenvalue weighted by atomic mass is 9.94. The molecule has 0 spiro atoms. The van der Waals surface area contributed by atoms with E-state index in [9.17, 15) is 9.90 Å². The second kappa shape index (κ2) is 9.64. The van der Waals surface area contributed by atoms with Crippen molar-refractivity contribution < 1.29 is 9.90 Å². The SMILES string of the molecule is O=CC1CCCCCCCCCC(O)CCC1. The average molecular weight is 240 g/mol. The summed E-state index contributed by atoms with van der Waals surface area (Å²) in [4.78, 5) is 10.9. The Kier molecular flexibility index (Phi) is 8.33. The van der Waals surface area contributed by atoms with Gasteiger partial charge in [-0.1, -0.05) is 51.4 Å². The van der Waals surface area contributed by atoms with Crippen molar-refractivity contribution in [2.24, 2.45) is 5.92 Å². The first kappa shape index (κ1) is 14.7. The highest BCUT2D eigenvalue weighted by Crippen LogP contribution is 2.19. The van der Waals surface area contributed by atoms with Gasteiger partial charge in [-0.3, -0.25) is 0 Å². The van der Waals surface area contributed by atoms with E-state index in [0.717, 1.165) is 44.8 Å². The number of rotatable bonds is 1. The monoisotopic (exact) mass is 240 g/mol. The third kappa shape index (κ3) is 7.54. The minimum Gasteiger partial charge on any atom is -0.393 e. The van der Waals surface area contributed by atoms with Crippen molar-refractivity contribution in [3.05, 3.63) is 0 Å². The van der Waals surface area contributed by atoms with Crippen LogP contribution in [0.15, 0.2) is 0 Å². The molecule has 0 bridgehead atoms. The van der Waals surface area contributed by atoms with Crippen molar-refractivity contribution >= 4 is 6.29 Å². The number of aliphatic hydroxyl groups excluding tert-OH is 1. The molecule has 0 aromatic rings. The fraction of sp³-hybridized carbons (Fsp3) is 0.933. The van der Waals surface area contributed by atoms with E-state index >= 15 is 0 Å². The molecule has 0 heterocycles. The summed E-state index contributed by atoms with van der Waals surface area (Å²) in [6, 6.07) is 0. The van der Waals surface area contributed by atoms with Gasteiger partial charge < -0.3 is 9.90 Å². The van der Waals surface area contributed by atoms with E-state index in [1.54, 1.807) is 0 Å². The Morgan fingerprint density at radius 2 is 1.18 bits per heavy atom. The minimum atomic E-state index is -0.134. The zero-order chi connectivity index (χ0) is 12.3. The maximum absolute atomic E-state index is 10.9. The van der Waals surface area contributed by atoms with Crippen LogP contribution in [0.1, 0.15) is 77.0 Å². The molecule has 1 aliphatic rings. The fourth-order valence-corrected chi connectivity index (χ4v) is 2.71. The molecule has 0 aliphatic heterocycles. The van der Waals surface area contributed by atoms with Crippen LogP contribution in [0, 0.1) is 5.92 Å². The van der Waals surface area contributed by atoms with E-state index in [1.165, 1.54) is 38.5 Å². The van der Waals surface area contributed by atoms with E-state index in [1.807, 2.05) is 0 Å². The predicted molar refractivity (Wildman–Crippen MR) is 71.0 cm³/mol. The van der Waals surface area contributed by atoms with Crippen LogP contribution in [0.25, 0.3) is 0 Å². The van der Waals surface area contributed by atoms with Crippen molar-refractivity contribution in [3.8, 4) is 0 Å². The van der Waals surface area contributed by atoms with E-state index in [4.69, 9.17) is 0 Å². The number of carbonyl (C=O) groups excluding carboxylic acids is 1. The third-order valence-corrected chi connectivity index (χ3v) is 3.92. The molecule has 0 aromatic carbocycles. The average Bonchev–Trinajstić information content (AvgIpc) is 2.34. The second-order valence-corrected chi connectivity index (χ2v) is 5.53. The van der Waals surface area contributed by atoms with Gasteiger partial charge in [0.2, 0.25) is 0 Å². The van der Waals surface area contributed by atoms with Crippen molar-refractivity contribution in [2.45, 2.75) is 83.2 Å². The number of aliphatic hydroxyl groups is 1. The molecule has 1 saturated carbocycles. The first-order chi connectivity index (χ1) is 8.33. The zero-order valence-corrected chi connectivity index (χ0v) is 11.1. The molecule has 0 aromatic heterocycles. The molecule has 100 valence electrons. The van der Waals surface area contributed by atoms with Crippen molar-refractivity contribution in [2.75, 3.05) is 0 Å². The normalized spacial score (nSPS) is 30.4. The Bertz CT molecular complexity index is 191. The van der Waals surface area contributed by atoms with E-state index in [-0.39, 0.29) is 12.0 Å². The highest BCUT2D eigenvalue weighted by molar-refractivity contribution is 5.53. The van der Waals surface area contributed by atoms with Crippen LogP contribution in [-0.2, 0) is 4.79 Å². The summed E-state index contributed by atoms with van der Waals surface area (Å²) in [5.41, 5.74) is 0. The third-order valence-electron chi connectivity index (χ3n) is 3.92. The summed E-state index contributed by atoms with van der Waals surface area (Å²) >= 11 is 0. The highest BCUT2D eigenvalue weighted by atomic mass is 16.3. The zero-order valence-electron chi connectivity index (χ0n) is 11.1. The molecule has 1 N–H and O–H groups in total. The molecule has 1 fully saturated rings. The van der Waals surface area contributed by atoms with Gasteiger partial charge in [-0.2, -0.15) is 0 Å². The van der Waals surface area contributed by atoms with E-state index in [2.05, 4.69) is 0 Å². The molecule has 1 aliphatic carbocycles. The summed E-state index contributed by atoms with van der Waals surface area (Å²) in [6.45, 7) is 0. The molecule has 2 nitrogen and oxygen atoms in total. The largest absolute Gasteiger partial charge is 0.393 e. The number of hydrogen-bond acceptors (Lipinski definition) is 2. The lowest BCUT2D eigenvalue weighted by Gasteiger charge is -2.14. The van der Waals surface area contributed by atoms with Gasteiger partial charge in [-0.15, -0.1) is 0 Å². The van der Waals surface area contributed by atoms with Crippen molar-refractivity contribution in [1.82, 2.24) is 0 Å². The molecule has 0 saturated heterocycles. The Morgan fingerprint density at radius 3 is 1.82 bits per heavy atom. The Hall–Kier alpha value is -0.370. The molecule has 2 unspecified atom stereocenters. The van der Waals surface area contributed by atoms with Crippen LogP contribution >= 0.6 is 0 Å². The molecule has 1 rings (SSSR count). The maximum atomic E-state index is 10.9. The standard InChI is InChI=1S/C15H28O2/c16-13-14-9-6-4-2-1-3-5-7-11-15(17)12-8-10-14/h13-15,17H,1-12H2. The van der Waals surface area contributed by atoms with Crippen LogP contribution < -0.4 is 0 Å². The van der Waals surface area contributed by atoms with Crippen LogP contribution in [0.2, 0.25) is 0 Å². The van der Waals surface area contributed by atoms with Gasteiger partial charge in [0, 0.05) is 5.92 Å². The van der Waals surface area contributed by atoms with Gasteiger partial charge in [0.1, 0.15) is 6.29 Å². The van der Waals surface area contributed by atoms with Gasteiger partial charge in [-0.05, 0) is 25.7 Å². The Morgan fingerprint density at radius 1 is 0.706 bits per heavy atom. The topological polar surface area (TPSA) is 37.3 Å². The lowest BCUT2D eigenvalue weighted by molar-refractivity contribution is -0.111. The van der Waals surface area contributed by atoms with Crippen LogP contribution in [0.4, 0.5) is 0 Å². The van der Waals surface area contributed by atoms with Gasteiger partial charge >= 0.3 is 0 Å². The molecule has 0 radical (unpaired) electrons. The molecule has 0 amide bonds. The van der Waals surface area contributed by atoms with Gasteiger partial charge in [0.05, 0.1) is 6.10 Å². The summed E-state index contributed by atoms with van der Waals surface area (Å²) in [7, 11) is 0. The molecular formula is C15H28O2. The van der Waals surface area contributed by atoms with Crippen LogP contribution in [0.3, 0.4) is 0 Å². The lowest BCUT2D eigenvalue weighted by Crippen LogP contribution is -2.09. The number of hydrogen-bond donors (Lipinski definition) is 1. The van der Waals surface area contributed by atoms with Crippen molar-refractivity contribution in [3.63, 3.8) is 0 Å². The van der Waals surface area contributed by atoms with Gasteiger partial charge in [0.25, 0.3) is 0 Å². The number of carbonyl (C=O) groups is 1.